The van der Waals surface area contributed by atoms with Crippen LogP contribution in [0.5, 0.6) is 0 Å². The first-order valence-corrected chi connectivity index (χ1v) is 5.98. The van der Waals surface area contributed by atoms with Gasteiger partial charge >= 0.3 is 5.97 Å². The van der Waals surface area contributed by atoms with Crippen LogP contribution in [0.15, 0.2) is 11.8 Å². The standard InChI is InChI=1S/C12H21NO3/c1-3-5-11(10-12(14)16-4-2)13-6-8-15-9-7-13/h10H,3-9H2,1-2H3/b11-10-. The van der Waals surface area contributed by atoms with E-state index >= 15 is 0 Å². The molecule has 0 unspecified atom stereocenters. The maximum atomic E-state index is 11.4. The lowest BCUT2D eigenvalue weighted by atomic mass is 10.2. The molecular formula is C12H21NO3. The molecule has 92 valence electrons. The monoisotopic (exact) mass is 227 g/mol. The summed E-state index contributed by atoms with van der Waals surface area (Å²) in [6.45, 7) is 7.57. The Morgan fingerprint density at radius 3 is 2.62 bits per heavy atom. The summed E-state index contributed by atoms with van der Waals surface area (Å²) in [4.78, 5) is 13.6. The van der Waals surface area contributed by atoms with Crippen molar-refractivity contribution in [1.82, 2.24) is 4.90 Å². The van der Waals surface area contributed by atoms with Crippen molar-refractivity contribution in [2.24, 2.45) is 0 Å². The van der Waals surface area contributed by atoms with Gasteiger partial charge in [0.1, 0.15) is 0 Å². The topological polar surface area (TPSA) is 38.8 Å². The minimum absolute atomic E-state index is 0.238. The average Bonchev–Trinajstić information content (AvgIpc) is 2.30. The molecule has 0 amide bonds. The molecule has 1 aliphatic heterocycles. The highest BCUT2D eigenvalue weighted by atomic mass is 16.5. The van der Waals surface area contributed by atoms with Crippen LogP contribution in [-0.4, -0.2) is 43.8 Å². The molecule has 0 spiro atoms. The minimum atomic E-state index is -0.238. The van der Waals surface area contributed by atoms with Crippen LogP contribution in [0, 0.1) is 0 Å². The summed E-state index contributed by atoms with van der Waals surface area (Å²) < 4.78 is 10.2. The van der Waals surface area contributed by atoms with Crippen LogP contribution in [0.4, 0.5) is 0 Å². The van der Waals surface area contributed by atoms with Gasteiger partial charge in [0.25, 0.3) is 0 Å². The third-order valence-corrected chi connectivity index (χ3v) is 2.49. The molecule has 1 heterocycles. The number of nitrogens with zero attached hydrogens (tertiary/aromatic N) is 1. The molecule has 1 aliphatic rings. The number of carbonyl (C=O) groups excluding carboxylic acids is 1. The van der Waals surface area contributed by atoms with E-state index < -0.39 is 0 Å². The predicted octanol–water partition coefficient (Wildman–Crippen LogP) is 1.57. The SMILES string of the molecule is CCC/C(=C/C(=O)OCC)N1CCOCC1. The lowest BCUT2D eigenvalue weighted by Gasteiger charge is -2.30. The first-order chi connectivity index (χ1) is 7.77. The van der Waals surface area contributed by atoms with Crippen molar-refractivity contribution >= 4 is 5.97 Å². The zero-order valence-electron chi connectivity index (χ0n) is 10.2. The van der Waals surface area contributed by atoms with E-state index in [9.17, 15) is 4.79 Å². The number of ether oxygens (including phenoxy) is 2. The molecule has 1 saturated heterocycles. The summed E-state index contributed by atoms with van der Waals surface area (Å²) in [5.74, 6) is -0.238. The first-order valence-electron chi connectivity index (χ1n) is 5.98. The molecule has 0 aromatic carbocycles. The fourth-order valence-electron chi connectivity index (χ4n) is 1.75. The molecule has 0 aromatic heterocycles. The third-order valence-electron chi connectivity index (χ3n) is 2.49. The molecule has 4 nitrogen and oxygen atoms in total. The number of morpholine rings is 1. The summed E-state index contributed by atoms with van der Waals surface area (Å²) in [7, 11) is 0. The van der Waals surface area contributed by atoms with Gasteiger partial charge in [0.15, 0.2) is 0 Å². The summed E-state index contributed by atoms with van der Waals surface area (Å²) >= 11 is 0. The number of hydrogen-bond donors (Lipinski definition) is 0. The molecule has 1 fully saturated rings. The Kier molecular flexibility index (Phi) is 5.93. The van der Waals surface area contributed by atoms with Crippen molar-refractivity contribution in [3.63, 3.8) is 0 Å². The van der Waals surface area contributed by atoms with Gasteiger partial charge in [-0.25, -0.2) is 4.79 Å². The van der Waals surface area contributed by atoms with E-state index in [1.165, 1.54) is 0 Å². The van der Waals surface area contributed by atoms with E-state index in [-0.39, 0.29) is 5.97 Å². The second kappa shape index (κ2) is 7.28. The second-order valence-electron chi connectivity index (χ2n) is 3.74. The zero-order chi connectivity index (χ0) is 11.8. The zero-order valence-corrected chi connectivity index (χ0v) is 10.2. The van der Waals surface area contributed by atoms with Gasteiger partial charge in [-0.1, -0.05) is 13.3 Å². The van der Waals surface area contributed by atoms with Crippen molar-refractivity contribution in [3.05, 3.63) is 11.8 Å². The Hall–Kier alpha value is -1.03. The van der Waals surface area contributed by atoms with E-state index in [4.69, 9.17) is 9.47 Å². The molecule has 0 radical (unpaired) electrons. The Bertz CT molecular complexity index is 245. The summed E-state index contributed by atoms with van der Waals surface area (Å²) in [5, 5.41) is 0. The van der Waals surface area contributed by atoms with Gasteiger partial charge in [-0.15, -0.1) is 0 Å². The highest BCUT2D eigenvalue weighted by Crippen LogP contribution is 2.13. The van der Waals surface area contributed by atoms with Crippen LogP contribution in [0.3, 0.4) is 0 Å². The van der Waals surface area contributed by atoms with Gasteiger partial charge in [-0.05, 0) is 13.3 Å². The Balaban J connectivity index is 2.60. The largest absolute Gasteiger partial charge is 0.463 e. The summed E-state index contributed by atoms with van der Waals surface area (Å²) in [6, 6.07) is 0. The normalized spacial score (nSPS) is 17.4. The van der Waals surface area contributed by atoms with Crippen molar-refractivity contribution < 1.29 is 14.3 Å². The van der Waals surface area contributed by atoms with Gasteiger partial charge in [-0.2, -0.15) is 0 Å². The Morgan fingerprint density at radius 2 is 2.06 bits per heavy atom. The number of esters is 1. The van der Waals surface area contributed by atoms with E-state index in [0.29, 0.717) is 6.61 Å². The molecule has 0 aliphatic carbocycles. The summed E-state index contributed by atoms with van der Waals surface area (Å²) in [6.07, 6.45) is 3.57. The number of rotatable bonds is 5. The molecule has 16 heavy (non-hydrogen) atoms. The van der Waals surface area contributed by atoms with Crippen molar-refractivity contribution in [3.8, 4) is 0 Å². The fraction of sp³-hybridized carbons (Fsp3) is 0.750. The lowest BCUT2D eigenvalue weighted by molar-refractivity contribution is -0.137. The molecule has 4 heteroatoms. The van der Waals surface area contributed by atoms with E-state index in [1.54, 1.807) is 6.08 Å². The maximum Gasteiger partial charge on any atom is 0.332 e. The van der Waals surface area contributed by atoms with Crippen molar-refractivity contribution in [2.75, 3.05) is 32.9 Å². The van der Waals surface area contributed by atoms with Crippen LogP contribution in [0.2, 0.25) is 0 Å². The van der Waals surface area contributed by atoms with E-state index in [1.807, 2.05) is 6.92 Å². The van der Waals surface area contributed by atoms with Crippen molar-refractivity contribution in [2.45, 2.75) is 26.7 Å². The average molecular weight is 227 g/mol. The number of allylic oxidation sites excluding steroid dienone is 1. The smallest absolute Gasteiger partial charge is 0.332 e. The van der Waals surface area contributed by atoms with Gasteiger partial charge in [-0.3, -0.25) is 0 Å². The molecular weight excluding hydrogens is 206 g/mol. The van der Waals surface area contributed by atoms with Crippen LogP contribution in [0.25, 0.3) is 0 Å². The highest BCUT2D eigenvalue weighted by molar-refractivity contribution is 5.82. The van der Waals surface area contributed by atoms with Gasteiger partial charge in [0.2, 0.25) is 0 Å². The van der Waals surface area contributed by atoms with Gasteiger partial charge in [0, 0.05) is 24.9 Å². The summed E-state index contributed by atoms with van der Waals surface area (Å²) in [5.41, 5.74) is 1.07. The van der Waals surface area contributed by atoms with Gasteiger partial charge < -0.3 is 14.4 Å². The van der Waals surface area contributed by atoms with Crippen LogP contribution in [-0.2, 0) is 14.3 Å². The fourth-order valence-corrected chi connectivity index (χ4v) is 1.75. The number of hydrogen-bond acceptors (Lipinski definition) is 4. The number of carbonyl (C=O) groups is 1. The van der Waals surface area contributed by atoms with Crippen LogP contribution < -0.4 is 0 Å². The van der Waals surface area contributed by atoms with Gasteiger partial charge in [0.05, 0.1) is 19.8 Å². The predicted molar refractivity (Wildman–Crippen MR) is 62.0 cm³/mol. The Morgan fingerprint density at radius 1 is 1.38 bits per heavy atom. The molecule has 0 atom stereocenters. The second-order valence-corrected chi connectivity index (χ2v) is 3.74. The molecule has 0 saturated carbocycles. The maximum absolute atomic E-state index is 11.4. The van der Waals surface area contributed by atoms with Crippen LogP contribution in [0.1, 0.15) is 26.7 Å². The third kappa shape index (κ3) is 4.23. The first kappa shape index (κ1) is 13.0. The highest BCUT2D eigenvalue weighted by Gasteiger charge is 2.14. The molecule has 0 aromatic rings. The molecule has 1 rings (SSSR count). The minimum Gasteiger partial charge on any atom is -0.463 e. The molecule has 0 N–H and O–H groups in total. The van der Waals surface area contributed by atoms with E-state index in [0.717, 1.165) is 44.8 Å². The lowest BCUT2D eigenvalue weighted by Crippen LogP contribution is -2.36. The quantitative estimate of drug-likeness (QED) is 0.528. The Labute approximate surface area is 97.2 Å². The van der Waals surface area contributed by atoms with Crippen molar-refractivity contribution in [1.29, 1.82) is 0 Å². The van der Waals surface area contributed by atoms with E-state index in [2.05, 4.69) is 11.8 Å². The van der Waals surface area contributed by atoms with Crippen LogP contribution >= 0.6 is 0 Å². The molecule has 0 bridgehead atoms.